The lowest BCUT2D eigenvalue weighted by molar-refractivity contribution is 0.0952. The Balaban J connectivity index is 2.54. The first-order valence-electron chi connectivity index (χ1n) is 5.18. The molecule has 0 radical (unpaired) electrons. The summed E-state index contributed by atoms with van der Waals surface area (Å²) in [5.41, 5.74) is 6.39. The number of hydrogen-bond donors (Lipinski definition) is 2. The normalized spacial score (nSPS) is 12.5. The van der Waals surface area contributed by atoms with E-state index in [1.807, 2.05) is 6.92 Å². The number of thiophene rings is 1. The Bertz CT molecular complexity index is 327. The lowest BCUT2D eigenvalue weighted by atomic mass is 10.1. The maximum atomic E-state index is 11.7. The standard InChI is InChI=1S/C11H18N2OS/c1-4-7(2)6-13-11(14)10-5-9(12)8(3)15-10/h5,7H,4,6,12H2,1-3H3,(H,13,14). The maximum Gasteiger partial charge on any atom is 0.261 e. The van der Waals surface area contributed by atoms with Crippen LogP contribution >= 0.6 is 11.3 Å². The van der Waals surface area contributed by atoms with E-state index in [2.05, 4.69) is 19.2 Å². The molecule has 15 heavy (non-hydrogen) atoms. The van der Waals surface area contributed by atoms with E-state index in [4.69, 9.17) is 5.73 Å². The van der Waals surface area contributed by atoms with Gasteiger partial charge in [-0.25, -0.2) is 0 Å². The van der Waals surface area contributed by atoms with Crippen LogP contribution in [0.4, 0.5) is 5.69 Å². The highest BCUT2D eigenvalue weighted by Crippen LogP contribution is 2.23. The number of rotatable bonds is 4. The Labute approximate surface area is 94.7 Å². The molecule has 0 aliphatic carbocycles. The van der Waals surface area contributed by atoms with Gasteiger partial charge in [-0.15, -0.1) is 11.3 Å². The monoisotopic (exact) mass is 226 g/mol. The van der Waals surface area contributed by atoms with E-state index in [9.17, 15) is 4.79 Å². The number of aryl methyl sites for hydroxylation is 1. The first kappa shape index (κ1) is 12.0. The van der Waals surface area contributed by atoms with Crippen LogP contribution in [0.3, 0.4) is 0 Å². The highest BCUT2D eigenvalue weighted by molar-refractivity contribution is 7.14. The topological polar surface area (TPSA) is 55.1 Å². The van der Waals surface area contributed by atoms with Crippen molar-refractivity contribution in [3.8, 4) is 0 Å². The van der Waals surface area contributed by atoms with Crippen molar-refractivity contribution in [3.05, 3.63) is 15.8 Å². The minimum Gasteiger partial charge on any atom is -0.398 e. The van der Waals surface area contributed by atoms with Crippen molar-refractivity contribution in [1.82, 2.24) is 5.32 Å². The highest BCUT2D eigenvalue weighted by Gasteiger charge is 2.11. The number of carbonyl (C=O) groups is 1. The van der Waals surface area contributed by atoms with E-state index in [0.717, 1.165) is 17.8 Å². The minimum atomic E-state index is -0.0138. The number of hydrogen-bond acceptors (Lipinski definition) is 3. The Morgan fingerprint density at radius 1 is 1.67 bits per heavy atom. The third-order valence-corrected chi connectivity index (χ3v) is 3.55. The van der Waals surface area contributed by atoms with Crippen molar-refractivity contribution < 1.29 is 4.79 Å². The fourth-order valence-corrected chi connectivity index (χ4v) is 1.96. The molecule has 1 atom stereocenters. The van der Waals surface area contributed by atoms with Crippen molar-refractivity contribution in [3.63, 3.8) is 0 Å². The zero-order valence-corrected chi connectivity index (χ0v) is 10.3. The first-order valence-corrected chi connectivity index (χ1v) is 6.00. The lowest BCUT2D eigenvalue weighted by Gasteiger charge is -2.08. The summed E-state index contributed by atoms with van der Waals surface area (Å²) in [6.07, 6.45) is 1.08. The van der Waals surface area contributed by atoms with Crippen LogP contribution in [-0.2, 0) is 0 Å². The second-order valence-electron chi connectivity index (χ2n) is 3.85. The molecule has 4 heteroatoms. The van der Waals surface area contributed by atoms with Gasteiger partial charge in [-0.1, -0.05) is 20.3 Å². The van der Waals surface area contributed by atoms with Crippen molar-refractivity contribution in [1.29, 1.82) is 0 Å². The molecule has 0 saturated heterocycles. The van der Waals surface area contributed by atoms with Gasteiger partial charge in [0.1, 0.15) is 0 Å². The largest absolute Gasteiger partial charge is 0.398 e. The molecule has 0 aliphatic heterocycles. The maximum absolute atomic E-state index is 11.7. The molecule has 1 aromatic heterocycles. The molecular formula is C11H18N2OS. The van der Waals surface area contributed by atoms with Crippen molar-refractivity contribution >= 4 is 22.9 Å². The molecule has 84 valence electrons. The van der Waals surface area contributed by atoms with Gasteiger partial charge in [0.15, 0.2) is 0 Å². The van der Waals surface area contributed by atoms with E-state index in [1.165, 1.54) is 11.3 Å². The van der Waals surface area contributed by atoms with Crippen LogP contribution in [0.15, 0.2) is 6.07 Å². The average Bonchev–Trinajstić information content (AvgIpc) is 2.55. The summed E-state index contributed by atoms with van der Waals surface area (Å²) >= 11 is 1.44. The Hall–Kier alpha value is -1.03. The summed E-state index contributed by atoms with van der Waals surface area (Å²) in [4.78, 5) is 13.4. The van der Waals surface area contributed by atoms with Gasteiger partial charge in [-0.05, 0) is 18.9 Å². The smallest absolute Gasteiger partial charge is 0.261 e. The van der Waals surface area contributed by atoms with Crippen molar-refractivity contribution in [2.75, 3.05) is 12.3 Å². The van der Waals surface area contributed by atoms with Gasteiger partial charge in [-0.2, -0.15) is 0 Å². The van der Waals surface area contributed by atoms with Gasteiger partial charge in [0.25, 0.3) is 5.91 Å². The van der Waals surface area contributed by atoms with Gasteiger partial charge >= 0.3 is 0 Å². The number of nitrogens with one attached hydrogen (secondary N) is 1. The van der Waals surface area contributed by atoms with E-state index >= 15 is 0 Å². The Morgan fingerprint density at radius 2 is 2.33 bits per heavy atom. The second kappa shape index (κ2) is 5.16. The SMILES string of the molecule is CCC(C)CNC(=O)c1cc(N)c(C)s1. The number of nitrogens with two attached hydrogens (primary N) is 1. The molecule has 0 aromatic carbocycles. The molecule has 3 nitrogen and oxygen atoms in total. The van der Waals surface area contributed by atoms with Crippen LogP contribution in [0.1, 0.15) is 34.8 Å². The molecule has 1 aromatic rings. The van der Waals surface area contributed by atoms with Crippen LogP contribution in [0.25, 0.3) is 0 Å². The predicted molar refractivity (Wildman–Crippen MR) is 65.3 cm³/mol. The molecular weight excluding hydrogens is 208 g/mol. The fourth-order valence-electron chi connectivity index (χ4n) is 1.11. The number of amides is 1. The van der Waals surface area contributed by atoms with E-state index in [0.29, 0.717) is 16.5 Å². The quantitative estimate of drug-likeness (QED) is 0.828. The summed E-state index contributed by atoms with van der Waals surface area (Å²) < 4.78 is 0. The van der Waals surface area contributed by atoms with Gasteiger partial charge in [0.2, 0.25) is 0 Å². The third kappa shape index (κ3) is 3.23. The summed E-state index contributed by atoms with van der Waals surface area (Å²) in [6, 6.07) is 1.74. The van der Waals surface area contributed by atoms with Gasteiger partial charge < -0.3 is 11.1 Å². The summed E-state index contributed by atoms with van der Waals surface area (Å²) in [5, 5.41) is 2.91. The minimum absolute atomic E-state index is 0.0138. The van der Waals surface area contributed by atoms with Crippen molar-refractivity contribution in [2.24, 2.45) is 5.92 Å². The Morgan fingerprint density at radius 3 is 2.80 bits per heavy atom. The van der Waals surface area contributed by atoms with Gasteiger partial charge in [0, 0.05) is 17.1 Å². The highest BCUT2D eigenvalue weighted by atomic mass is 32.1. The van der Waals surface area contributed by atoms with Crippen LogP contribution in [0.2, 0.25) is 0 Å². The van der Waals surface area contributed by atoms with E-state index in [1.54, 1.807) is 6.07 Å². The van der Waals surface area contributed by atoms with Crippen LogP contribution in [0, 0.1) is 12.8 Å². The molecule has 0 fully saturated rings. The second-order valence-corrected chi connectivity index (χ2v) is 5.10. The van der Waals surface area contributed by atoms with E-state index in [-0.39, 0.29) is 5.91 Å². The molecule has 0 spiro atoms. The molecule has 1 rings (SSSR count). The first-order chi connectivity index (χ1) is 7.04. The van der Waals surface area contributed by atoms with Crippen molar-refractivity contribution in [2.45, 2.75) is 27.2 Å². The molecule has 1 unspecified atom stereocenters. The lowest BCUT2D eigenvalue weighted by Crippen LogP contribution is -2.27. The van der Waals surface area contributed by atoms with Crippen LogP contribution in [-0.4, -0.2) is 12.5 Å². The van der Waals surface area contributed by atoms with Crippen LogP contribution < -0.4 is 11.1 Å². The summed E-state index contributed by atoms with van der Waals surface area (Å²) in [6.45, 7) is 6.88. The molecule has 3 N–H and O–H groups in total. The molecule has 0 bridgehead atoms. The molecule has 1 amide bonds. The van der Waals surface area contributed by atoms with Gasteiger partial charge in [0.05, 0.1) is 4.88 Å². The third-order valence-electron chi connectivity index (χ3n) is 2.49. The predicted octanol–water partition coefficient (Wildman–Crippen LogP) is 2.41. The van der Waals surface area contributed by atoms with E-state index < -0.39 is 0 Å². The zero-order chi connectivity index (χ0) is 11.4. The zero-order valence-electron chi connectivity index (χ0n) is 9.46. The number of carbonyl (C=O) groups excluding carboxylic acids is 1. The van der Waals surface area contributed by atoms with Gasteiger partial charge in [-0.3, -0.25) is 4.79 Å². The molecule has 0 aliphatic rings. The summed E-state index contributed by atoms with van der Waals surface area (Å²) in [7, 11) is 0. The average molecular weight is 226 g/mol. The summed E-state index contributed by atoms with van der Waals surface area (Å²) in [5.74, 6) is 0.507. The molecule has 0 saturated carbocycles. The fraction of sp³-hybridized carbons (Fsp3) is 0.545. The Kier molecular flexibility index (Phi) is 4.15. The number of nitrogen functional groups attached to an aromatic ring is 1. The van der Waals surface area contributed by atoms with Crippen LogP contribution in [0.5, 0.6) is 0 Å². The number of anilines is 1. The molecule has 1 heterocycles.